The Bertz CT molecular complexity index is 1280. The highest BCUT2D eigenvalue weighted by Gasteiger charge is 2.25. The molecule has 4 rings (SSSR count). The molecule has 36 heavy (non-hydrogen) atoms. The first kappa shape index (κ1) is 25.2. The number of aryl methyl sites for hydroxylation is 2. The molecule has 0 fully saturated rings. The zero-order valence-electron chi connectivity index (χ0n) is 20.6. The number of anilines is 1. The van der Waals surface area contributed by atoms with Gasteiger partial charge in [-0.3, -0.25) is 4.79 Å². The van der Waals surface area contributed by atoms with E-state index in [0.29, 0.717) is 25.3 Å². The first-order valence-corrected chi connectivity index (χ1v) is 12.3. The number of halogens is 1. The Morgan fingerprint density at radius 2 is 2.03 bits per heavy atom. The van der Waals surface area contributed by atoms with E-state index in [4.69, 9.17) is 9.84 Å². The topological polar surface area (TPSA) is 86.5 Å². The number of hydrogen-bond acceptors (Lipinski definition) is 5. The molecule has 0 unspecified atom stereocenters. The summed E-state index contributed by atoms with van der Waals surface area (Å²) in [5.74, 6) is -0.270. The van der Waals surface area contributed by atoms with Gasteiger partial charge in [-0.15, -0.1) is 0 Å². The lowest BCUT2D eigenvalue weighted by Gasteiger charge is -2.20. The van der Waals surface area contributed by atoms with Gasteiger partial charge in [0.2, 0.25) is 0 Å². The number of carboxylic acids is 1. The van der Waals surface area contributed by atoms with Crippen LogP contribution in [0.5, 0.6) is 5.75 Å². The molecule has 0 saturated carbocycles. The number of aromatic nitrogens is 1. The Hall–Kier alpha value is -3.92. The maximum Gasteiger partial charge on any atom is 0.303 e. The molecule has 0 aliphatic heterocycles. The number of nitrogens with zero attached hydrogens (tertiary/aromatic N) is 3. The molecule has 0 saturated heterocycles. The molecule has 0 radical (unpaired) electrons. The van der Waals surface area contributed by atoms with Crippen LogP contribution in [0.3, 0.4) is 0 Å². The first-order valence-electron chi connectivity index (χ1n) is 12.3. The molecule has 1 aliphatic carbocycles. The number of benzene rings is 2. The number of ether oxygens (including phenoxy) is 1. The molecule has 0 bridgehead atoms. The number of aliphatic carboxylic acids is 1. The highest BCUT2D eigenvalue weighted by molar-refractivity contribution is 5.69. The van der Waals surface area contributed by atoms with Crippen molar-refractivity contribution in [3.63, 3.8) is 0 Å². The summed E-state index contributed by atoms with van der Waals surface area (Å²) < 4.78 is 20.7. The van der Waals surface area contributed by atoms with Crippen molar-refractivity contribution in [3.05, 3.63) is 76.6 Å². The minimum atomic E-state index is -0.771. The summed E-state index contributed by atoms with van der Waals surface area (Å²) in [5.41, 5.74) is 4.90. The molecule has 3 aromatic rings. The zero-order chi connectivity index (χ0) is 25.7. The summed E-state index contributed by atoms with van der Waals surface area (Å²) in [6.07, 6.45) is 3.43. The van der Waals surface area contributed by atoms with Crippen molar-refractivity contribution in [3.8, 4) is 23.1 Å². The van der Waals surface area contributed by atoms with E-state index in [1.165, 1.54) is 11.6 Å². The fourth-order valence-corrected chi connectivity index (χ4v) is 4.74. The Morgan fingerprint density at radius 1 is 1.25 bits per heavy atom. The van der Waals surface area contributed by atoms with Gasteiger partial charge >= 0.3 is 5.97 Å². The van der Waals surface area contributed by atoms with E-state index in [1.807, 2.05) is 42.5 Å². The third-order valence-corrected chi connectivity index (χ3v) is 6.72. The fraction of sp³-hybridized carbons (Fsp3) is 0.345. The van der Waals surface area contributed by atoms with Gasteiger partial charge in [0.1, 0.15) is 11.8 Å². The van der Waals surface area contributed by atoms with Crippen LogP contribution in [0.2, 0.25) is 0 Å². The lowest BCUT2D eigenvalue weighted by atomic mass is 9.98. The summed E-state index contributed by atoms with van der Waals surface area (Å²) in [6.45, 7) is 3.05. The predicted octanol–water partition coefficient (Wildman–Crippen LogP) is 5.73. The smallest absolute Gasteiger partial charge is 0.303 e. The van der Waals surface area contributed by atoms with Crippen molar-refractivity contribution < 1.29 is 19.0 Å². The molecule has 186 valence electrons. The maximum absolute atomic E-state index is 14.8. The number of fused-ring (bicyclic) bond motifs is 1. The minimum absolute atomic E-state index is 0.0736. The van der Waals surface area contributed by atoms with E-state index in [-0.39, 0.29) is 23.7 Å². The summed E-state index contributed by atoms with van der Waals surface area (Å²) in [6, 6.07) is 17.0. The number of carbonyl (C=O) groups is 1. The van der Waals surface area contributed by atoms with Crippen LogP contribution in [0, 0.1) is 17.1 Å². The minimum Gasteiger partial charge on any atom is -0.494 e. The van der Waals surface area contributed by atoms with Gasteiger partial charge in [-0.25, -0.2) is 9.37 Å². The van der Waals surface area contributed by atoms with Crippen LogP contribution >= 0.6 is 0 Å². The van der Waals surface area contributed by atoms with Crippen molar-refractivity contribution in [2.24, 2.45) is 0 Å². The van der Waals surface area contributed by atoms with Crippen molar-refractivity contribution in [1.82, 2.24) is 4.98 Å². The summed E-state index contributed by atoms with van der Waals surface area (Å²) >= 11 is 0. The molecule has 7 heteroatoms. The van der Waals surface area contributed by atoms with Gasteiger partial charge in [-0.2, -0.15) is 5.26 Å². The number of carboxylic acid groups (broad SMARTS) is 1. The molecule has 0 amide bonds. The third-order valence-electron chi connectivity index (χ3n) is 6.72. The number of rotatable bonds is 10. The lowest BCUT2D eigenvalue weighted by molar-refractivity contribution is -0.137. The summed E-state index contributed by atoms with van der Waals surface area (Å²) in [4.78, 5) is 17.3. The summed E-state index contributed by atoms with van der Waals surface area (Å²) in [7, 11) is 1.78. The van der Waals surface area contributed by atoms with Crippen LogP contribution in [0.4, 0.5) is 10.2 Å². The maximum atomic E-state index is 14.8. The van der Waals surface area contributed by atoms with Crippen molar-refractivity contribution in [2.75, 3.05) is 25.1 Å². The molecule has 2 aromatic carbocycles. The highest BCUT2D eigenvalue weighted by atomic mass is 19.1. The quantitative estimate of drug-likeness (QED) is 0.368. The van der Waals surface area contributed by atoms with E-state index in [9.17, 15) is 14.4 Å². The second kappa shape index (κ2) is 11.2. The molecule has 1 aliphatic rings. The molecule has 1 atom stereocenters. The van der Waals surface area contributed by atoms with Crippen LogP contribution in [0.25, 0.3) is 11.3 Å². The van der Waals surface area contributed by atoms with Crippen LogP contribution in [0.15, 0.2) is 48.5 Å². The third kappa shape index (κ3) is 5.65. The van der Waals surface area contributed by atoms with E-state index in [2.05, 4.69) is 18.0 Å². The van der Waals surface area contributed by atoms with E-state index in [1.54, 1.807) is 11.9 Å². The van der Waals surface area contributed by atoms with Crippen molar-refractivity contribution >= 4 is 11.8 Å². The van der Waals surface area contributed by atoms with E-state index in [0.717, 1.165) is 41.7 Å². The largest absolute Gasteiger partial charge is 0.494 e. The molecular weight excluding hydrogens is 457 g/mol. The Balaban J connectivity index is 1.38. The monoisotopic (exact) mass is 487 g/mol. The molecular formula is C29H30FN3O3. The van der Waals surface area contributed by atoms with Crippen molar-refractivity contribution in [2.45, 2.75) is 44.9 Å². The Labute approximate surface area is 211 Å². The van der Waals surface area contributed by atoms with Gasteiger partial charge in [0.25, 0.3) is 0 Å². The van der Waals surface area contributed by atoms with E-state index < -0.39 is 11.8 Å². The van der Waals surface area contributed by atoms with Crippen LogP contribution in [0.1, 0.15) is 54.4 Å². The average Bonchev–Trinajstić information content (AvgIpc) is 3.27. The van der Waals surface area contributed by atoms with Crippen LogP contribution in [-0.2, 0) is 17.6 Å². The molecule has 1 N–H and O–H groups in total. The average molecular weight is 488 g/mol. The van der Waals surface area contributed by atoms with Crippen molar-refractivity contribution in [1.29, 1.82) is 5.26 Å². The first-order chi connectivity index (χ1) is 17.4. The lowest BCUT2D eigenvalue weighted by Crippen LogP contribution is -2.23. The fourth-order valence-electron chi connectivity index (χ4n) is 4.74. The second-order valence-corrected chi connectivity index (χ2v) is 9.17. The Morgan fingerprint density at radius 3 is 2.72 bits per heavy atom. The van der Waals surface area contributed by atoms with E-state index >= 15 is 0 Å². The normalized spacial score (nSPS) is 14.2. The predicted molar refractivity (Wildman–Crippen MR) is 137 cm³/mol. The van der Waals surface area contributed by atoms with Gasteiger partial charge in [-0.05, 0) is 66.5 Å². The molecule has 6 nitrogen and oxygen atoms in total. The highest BCUT2D eigenvalue weighted by Crippen LogP contribution is 2.37. The van der Waals surface area contributed by atoms with Gasteiger partial charge in [0.05, 0.1) is 24.3 Å². The molecule has 1 heterocycles. The van der Waals surface area contributed by atoms with Gasteiger partial charge in [0, 0.05) is 19.2 Å². The number of hydrogen-bond donors (Lipinski definition) is 1. The molecule has 0 spiro atoms. The summed E-state index contributed by atoms with van der Waals surface area (Å²) in [5, 5.41) is 18.6. The Kier molecular flexibility index (Phi) is 7.84. The van der Waals surface area contributed by atoms with Gasteiger partial charge in [-0.1, -0.05) is 37.3 Å². The number of pyridine rings is 1. The van der Waals surface area contributed by atoms with Gasteiger partial charge < -0.3 is 14.7 Å². The van der Waals surface area contributed by atoms with Crippen LogP contribution < -0.4 is 9.64 Å². The molecule has 1 aromatic heterocycles. The number of nitriles is 1. The van der Waals surface area contributed by atoms with Crippen LogP contribution in [-0.4, -0.2) is 36.3 Å². The second-order valence-electron chi connectivity index (χ2n) is 9.17. The standard InChI is InChI=1S/C29H30FN3O3/c1-3-19-5-7-20(8-6-19)28-23(18-31)16-26(30)29(32-28)33(2)13-4-14-36-24-11-12-25-21(15-24)9-10-22(25)17-27(34)35/h5-8,11-12,15-16,22H,3-4,9-10,13-14,17H2,1-2H3,(H,34,35)/t22-/m0/s1. The zero-order valence-corrected chi connectivity index (χ0v) is 20.6. The van der Waals surface area contributed by atoms with Gasteiger partial charge in [0.15, 0.2) is 11.6 Å². The SMILES string of the molecule is CCc1ccc(-c2nc(N(C)CCCOc3ccc4c(c3)CC[C@H]4CC(=O)O)c(F)cc2C#N)cc1.